The Kier molecular flexibility index (Phi) is 2.49. The fourth-order valence-corrected chi connectivity index (χ4v) is 5.77. The number of carbonyl (C=O) groups is 1. The second-order valence-electron chi connectivity index (χ2n) is 5.16. The molecule has 0 amide bonds. The molecular weight excluding hydrogens is 262 g/mol. The first kappa shape index (κ1) is 11.0. The highest BCUT2D eigenvalue weighted by Crippen LogP contribution is 2.49. The summed E-state index contributed by atoms with van der Waals surface area (Å²) in [6.45, 7) is 0. The molecule has 1 heterocycles. The molecule has 18 heavy (non-hydrogen) atoms. The predicted molar refractivity (Wildman–Crippen MR) is 75.1 cm³/mol. The molecule has 0 radical (unpaired) electrons. The number of nitrogens with zero attached hydrogens (tertiary/aromatic N) is 1. The van der Waals surface area contributed by atoms with Crippen LogP contribution >= 0.6 is 23.1 Å². The molecule has 4 rings (SSSR count). The van der Waals surface area contributed by atoms with Crippen LogP contribution < -0.4 is 0 Å². The molecule has 1 aromatic carbocycles. The maximum atomic E-state index is 12.1. The fraction of sp³-hybridized carbons (Fsp3) is 0.429. The monoisotopic (exact) mass is 275 g/mol. The van der Waals surface area contributed by atoms with E-state index < -0.39 is 0 Å². The van der Waals surface area contributed by atoms with Crippen LogP contribution in [0.3, 0.4) is 0 Å². The summed E-state index contributed by atoms with van der Waals surface area (Å²) in [5.74, 6) is 1.46. The molecule has 2 aliphatic carbocycles. The van der Waals surface area contributed by atoms with Gasteiger partial charge in [-0.3, -0.25) is 4.79 Å². The third-order valence-electron chi connectivity index (χ3n) is 4.09. The van der Waals surface area contributed by atoms with Gasteiger partial charge in [0, 0.05) is 5.92 Å². The molecule has 0 unspecified atom stereocenters. The van der Waals surface area contributed by atoms with Crippen LogP contribution in [0.25, 0.3) is 10.2 Å². The largest absolute Gasteiger partial charge is 0.298 e. The van der Waals surface area contributed by atoms with E-state index in [-0.39, 0.29) is 5.25 Å². The quantitative estimate of drug-likeness (QED) is 0.836. The van der Waals surface area contributed by atoms with Crippen molar-refractivity contribution in [1.82, 2.24) is 4.98 Å². The second-order valence-corrected chi connectivity index (χ2v) is 7.58. The molecule has 92 valence electrons. The van der Waals surface area contributed by atoms with E-state index in [9.17, 15) is 4.79 Å². The van der Waals surface area contributed by atoms with E-state index in [1.807, 2.05) is 18.2 Å². The number of hydrogen-bond donors (Lipinski definition) is 0. The third-order valence-corrected chi connectivity index (χ3v) is 6.62. The van der Waals surface area contributed by atoms with E-state index in [4.69, 9.17) is 0 Å². The lowest BCUT2D eigenvalue weighted by molar-refractivity contribution is -0.121. The Morgan fingerprint density at radius 2 is 2.17 bits per heavy atom. The van der Waals surface area contributed by atoms with Crippen molar-refractivity contribution < 1.29 is 4.79 Å². The highest BCUT2D eigenvalue weighted by molar-refractivity contribution is 8.02. The van der Waals surface area contributed by atoms with Crippen molar-refractivity contribution in [2.24, 2.45) is 11.8 Å². The van der Waals surface area contributed by atoms with E-state index in [0.717, 1.165) is 22.7 Å². The molecule has 0 aliphatic heterocycles. The number of ketones is 1. The summed E-state index contributed by atoms with van der Waals surface area (Å²) in [6, 6.07) is 8.19. The summed E-state index contributed by atoms with van der Waals surface area (Å²) >= 11 is 3.42. The molecule has 2 fully saturated rings. The summed E-state index contributed by atoms with van der Waals surface area (Å²) in [4.78, 5) is 16.8. The number of carbonyl (C=O) groups excluding carboxylic acids is 1. The molecule has 1 aromatic heterocycles. The summed E-state index contributed by atoms with van der Waals surface area (Å²) in [5, 5.41) is 0.185. The van der Waals surface area contributed by atoms with Gasteiger partial charge in [-0.1, -0.05) is 23.9 Å². The van der Waals surface area contributed by atoms with E-state index in [2.05, 4.69) is 11.1 Å². The number of Topliss-reactive ketones (excluding diaryl/α,β-unsaturated/α-hetero) is 1. The molecule has 2 saturated carbocycles. The molecule has 2 bridgehead atoms. The van der Waals surface area contributed by atoms with Crippen molar-refractivity contribution in [3.8, 4) is 0 Å². The number of thiazole rings is 1. The van der Waals surface area contributed by atoms with Crippen LogP contribution in [0.15, 0.2) is 28.6 Å². The highest BCUT2D eigenvalue weighted by Gasteiger charge is 2.47. The molecule has 2 aliphatic rings. The third kappa shape index (κ3) is 1.62. The molecule has 0 saturated heterocycles. The first-order chi connectivity index (χ1) is 8.81. The zero-order valence-corrected chi connectivity index (χ0v) is 11.5. The Labute approximate surface area is 114 Å². The average Bonchev–Trinajstić information content (AvgIpc) is 3.05. The first-order valence-electron chi connectivity index (χ1n) is 6.37. The van der Waals surface area contributed by atoms with Gasteiger partial charge in [0.15, 0.2) is 4.34 Å². The minimum Gasteiger partial charge on any atom is -0.298 e. The standard InChI is InChI=1S/C14H13NOS2/c16-12-8-5-6-9(7-8)13(12)18-14-15-10-3-1-2-4-11(10)17-14/h1-4,8-9,13H,5-7H2/t8-,9+,13+/m0/s1. The van der Waals surface area contributed by atoms with Gasteiger partial charge in [-0.25, -0.2) is 4.98 Å². The lowest BCUT2D eigenvalue weighted by Crippen LogP contribution is -2.24. The van der Waals surface area contributed by atoms with Crippen molar-refractivity contribution in [2.75, 3.05) is 0 Å². The van der Waals surface area contributed by atoms with E-state index in [1.54, 1.807) is 23.1 Å². The minimum atomic E-state index is 0.185. The number of thioether (sulfide) groups is 1. The highest BCUT2D eigenvalue weighted by atomic mass is 32.2. The van der Waals surface area contributed by atoms with Crippen LogP contribution in [0.1, 0.15) is 19.3 Å². The molecule has 2 aromatic rings. The normalized spacial score (nSPS) is 30.4. The Hall–Kier alpha value is -0.870. The Bertz CT molecular complexity index is 588. The Morgan fingerprint density at radius 1 is 1.28 bits per heavy atom. The Balaban J connectivity index is 1.63. The molecule has 2 nitrogen and oxygen atoms in total. The topological polar surface area (TPSA) is 30.0 Å². The number of hydrogen-bond acceptors (Lipinski definition) is 4. The second kappa shape index (κ2) is 4.07. The van der Waals surface area contributed by atoms with Crippen LogP contribution in [0, 0.1) is 11.8 Å². The molecule has 0 N–H and O–H groups in total. The molecule has 4 heteroatoms. The van der Waals surface area contributed by atoms with Gasteiger partial charge in [-0.2, -0.15) is 0 Å². The summed E-state index contributed by atoms with van der Waals surface area (Å²) in [7, 11) is 0. The van der Waals surface area contributed by atoms with Crippen molar-refractivity contribution in [1.29, 1.82) is 0 Å². The fourth-order valence-electron chi connectivity index (χ4n) is 3.18. The van der Waals surface area contributed by atoms with Gasteiger partial charge in [0.1, 0.15) is 5.78 Å². The van der Waals surface area contributed by atoms with Crippen LogP contribution in [-0.2, 0) is 4.79 Å². The zero-order chi connectivity index (χ0) is 12.1. The smallest absolute Gasteiger partial charge is 0.151 e. The number of fused-ring (bicyclic) bond motifs is 3. The number of para-hydroxylation sites is 1. The maximum absolute atomic E-state index is 12.1. The summed E-state index contributed by atoms with van der Waals surface area (Å²) in [5.41, 5.74) is 1.06. The zero-order valence-electron chi connectivity index (χ0n) is 9.83. The van der Waals surface area contributed by atoms with Gasteiger partial charge in [0.2, 0.25) is 0 Å². The first-order valence-corrected chi connectivity index (χ1v) is 8.07. The van der Waals surface area contributed by atoms with Gasteiger partial charge >= 0.3 is 0 Å². The molecular formula is C14H13NOS2. The SMILES string of the molecule is O=C1[C@H]2CC[C@H](C2)[C@H]1Sc1nc2ccccc2s1. The number of benzene rings is 1. The minimum absolute atomic E-state index is 0.185. The maximum Gasteiger partial charge on any atom is 0.151 e. The predicted octanol–water partition coefficient (Wildman–Crippen LogP) is 3.76. The van der Waals surface area contributed by atoms with Crippen LogP contribution in [0.5, 0.6) is 0 Å². The van der Waals surface area contributed by atoms with Gasteiger partial charge in [-0.05, 0) is 37.3 Å². The lowest BCUT2D eigenvalue weighted by atomic mass is 9.99. The van der Waals surface area contributed by atoms with Crippen molar-refractivity contribution in [3.63, 3.8) is 0 Å². The lowest BCUT2D eigenvalue weighted by Gasteiger charge is -2.18. The van der Waals surface area contributed by atoms with E-state index >= 15 is 0 Å². The molecule has 3 atom stereocenters. The van der Waals surface area contributed by atoms with Crippen molar-refractivity contribution in [3.05, 3.63) is 24.3 Å². The van der Waals surface area contributed by atoms with Gasteiger partial charge in [0.25, 0.3) is 0 Å². The van der Waals surface area contributed by atoms with Crippen molar-refractivity contribution >= 4 is 39.1 Å². The summed E-state index contributed by atoms with van der Waals surface area (Å²) < 4.78 is 2.28. The number of aromatic nitrogens is 1. The van der Waals surface area contributed by atoms with Crippen molar-refractivity contribution in [2.45, 2.75) is 28.9 Å². The molecule has 0 spiro atoms. The van der Waals surface area contributed by atoms with Crippen LogP contribution in [-0.4, -0.2) is 16.0 Å². The van der Waals surface area contributed by atoms with E-state index in [1.165, 1.54) is 11.1 Å². The van der Waals surface area contributed by atoms with Crippen LogP contribution in [0.2, 0.25) is 0 Å². The van der Waals surface area contributed by atoms with E-state index in [0.29, 0.717) is 17.6 Å². The van der Waals surface area contributed by atoms with Gasteiger partial charge in [0.05, 0.1) is 15.5 Å². The number of rotatable bonds is 2. The summed E-state index contributed by atoms with van der Waals surface area (Å²) in [6.07, 6.45) is 3.49. The average molecular weight is 275 g/mol. The Morgan fingerprint density at radius 3 is 2.94 bits per heavy atom. The van der Waals surface area contributed by atoms with Crippen LogP contribution in [0.4, 0.5) is 0 Å². The van der Waals surface area contributed by atoms with Gasteiger partial charge < -0.3 is 0 Å². The van der Waals surface area contributed by atoms with Gasteiger partial charge in [-0.15, -0.1) is 11.3 Å².